The summed E-state index contributed by atoms with van der Waals surface area (Å²) in [6.45, 7) is 4.09. The predicted molar refractivity (Wildman–Crippen MR) is 116 cm³/mol. The number of amides is 2. The lowest BCUT2D eigenvalue weighted by molar-refractivity contribution is -0.142. The molecule has 0 saturated carbocycles. The van der Waals surface area contributed by atoms with Gasteiger partial charge in [0.25, 0.3) is 0 Å². The van der Waals surface area contributed by atoms with Crippen molar-refractivity contribution in [1.82, 2.24) is 9.80 Å². The highest BCUT2D eigenvalue weighted by atomic mass is 16.3. The first-order valence-electron chi connectivity index (χ1n) is 10.4. The van der Waals surface area contributed by atoms with Gasteiger partial charge < -0.3 is 15.1 Å². The Balaban J connectivity index is 1.61. The summed E-state index contributed by atoms with van der Waals surface area (Å²) in [6.07, 6.45) is 1.08. The summed E-state index contributed by atoms with van der Waals surface area (Å²) in [4.78, 5) is 28.1. The molecule has 1 aromatic heterocycles. The molecule has 0 spiro atoms. The lowest BCUT2D eigenvalue weighted by Crippen LogP contribution is -2.59. The van der Waals surface area contributed by atoms with Crippen LogP contribution in [0.15, 0.2) is 59.0 Å². The van der Waals surface area contributed by atoms with Crippen molar-refractivity contribution < 1.29 is 14.0 Å². The molecule has 6 heteroatoms. The van der Waals surface area contributed by atoms with Gasteiger partial charge in [0.05, 0.1) is 0 Å². The Kier molecular flexibility index (Phi) is 5.86. The summed E-state index contributed by atoms with van der Waals surface area (Å²) in [5, 5.41) is 1.09. The maximum Gasteiger partial charge on any atom is 0.241 e. The fourth-order valence-corrected chi connectivity index (χ4v) is 4.20. The fraction of sp³-hybridized carbons (Fsp3) is 0.333. The average molecular weight is 405 g/mol. The third kappa shape index (κ3) is 4.09. The summed E-state index contributed by atoms with van der Waals surface area (Å²) in [5.41, 5.74) is 8.81. The van der Waals surface area contributed by atoms with Crippen LogP contribution in [-0.4, -0.2) is 47.3 Å². The highest BCUT2D eigenvalue weighted by Gasteiger charge is 2.34. The number of hydrogen-bond acceptors (Lipinski definition) is 4. The van der Waals surface area contributed by atoms with Crippen LogP contribution >= 0.6 is 0 Å². The van der Waals surface area contributed by atoms with Gasteiger partial charge in [0.2, 0.25) is 11.8 Å². The van der Waals surface area contributed by atoms with Crippen LogP contribution in [0, 0.1) is 0 Å². The van der Waals surface area contributed by atoms with Gasteiger partial charge in [-0.05, 0) is 11.6 Å². The number of rotatable bonds is 6. The standard InChI is InChI=1S/C24H27N3O3/c1-2-23(28)27-13-12-26(16-20(27)24(25)29)15-19-18-10-6-7-11-21(18)30-22(19)14-17-8-4-3-5-9-17/h3-11,20H,2,12-16H2,1H3,(H2,25,29). The molecule has 1 unspecified atom stereocenters. The van der Waals surface area contributed by atoms with Gasteiger partial charge in [-0.1, -0.05) is 55.5 Å². The monoisotopic (exact) mass is 405 g/mol. The third-order valence-electron chi connectivity index (χ3n) is 5.79. The van der Waals surface area contributed by atoms with Gasteiger partial charge in [-0.3, -0.25) is 14.5 Å². The van der Waals surface area contributed by atoms with E-state index in [2.05, 4.69) is 23.1 Å². The number of nitrogens with zero attached hydrogens (tertiary/aromatic N) is 2. The topological polar surface area (TPSA) is 79.8 Å². The Morgan fingerprint density at radius 2 is 1.80 bits per heavy atom. The van der Waals surface area contributed by atoms with E-state index in [0.29, 0.717) is 39.0 Å². The van der Waals surface area contributed by atoms with E-state index in [0.717, 1.165) is 22.3 Å². The second-order valence-corrected chi connectivity index (χ2v) is 7.76. The van der Waals surface area contributed by atoms with Crippen molar-refractivity contribution in [3.63, 3.8) is 0 Å². The molecule has 4 rings (SSSR count). The molecule has 30 heavy (non-hydrogen) atoms. The Bertz CT molecular complexity index is 1040. The van der Waals surface area contributed by atoms with Crippen molar-refractivity contribution in [1.29, 1.82) is 0 Å². The number of benzene rings is 2. The largest absolute Gasteiger partial charge is 0.460 e. The van der Waals surface area contributed by atoms with Crippen LogP contribution in [0.2, 0.25) is 0 Å². The predicted octanol–water partition coefficient (Wildman–Crippen LogP) is 2.93. The van der Waals surface area contributed by atoms with E-state index < -0.39 is 11.9 Å². The molecule has 6 nitrogen and oxygen atoms in total. The maximum absolute atomic E-state index is 12.2. The van der Waals surface area contributed by atoms with Gasteiger partial charge in [0.1, 0.15) is 17.4 Å². The molecule has 1 aliphatic rings. The Morgan fingerprint density at radius 3 is 2.53 bits per heavy atom. The van der Waals surface area contributed by atoms with Crippen molar-refractivity contribution in [2.24, 2.45) is 5.73 Å². The molecule has 156 valence electrons. The van der Waals surface area contributed by atoms with E-state index in [4.69, 9.17) is 10.2 Å². The first-order chi connectivity index (χ1) is 14.6. The number of carbonyl (C=O) groups excluding carboxylic acids is 2. The molecule has 0 aliphatic carbocycles. The van der Waals surface area contributed by atoms with E-state index in [1.807, 2.05) is 36.4 Å². The van der Waals surface area contributed by atoms with Crippen molar-refractivity contribution in [3.8, 4) is 0 Å². The quantitative estimate of drug-likeness (QED) is 0.684. The van der Waals surface area contributed by atoms with E-state index >= 15 is 0 Å². The summed E-state index contributed by atoms with van der Waals surface area (Å²) in [7, 11) is 0. The van der Waals surface area contributed by atoms with Crippen LogP contribution in [0.1, 0.15) is 30.2 Å². The Morgan fingerprint density at radius 1 is 1.07 bits per heavy atom. The second-order valence-electron chi connectivity index (χ2n) is 7.76. The van der Waals surface area contributed by atoms with E-state index in [9.17, 15) is 9.59 Å². The number of carbonyl (C=O) groups is 2. The van der Waals surface area contributed by atoms with Crippen LogP contribution in [0.25, 0.3) is 11.0 Å². The normalized spacial score (nSPS) is 17.4. The number of nitrogens with two attached hydrogens (primary N) is 1. The number of hydrogen-bond donors (Lipinski definition) is 1. The number of primary amides is 1. The van der Waals surface area contributed by atoms with Gasteiger partial charge in [-0.15, -0.1) is 0 Å². The molecule has 2 aromatic carbocycles. The highest BCUT2D eigenvalue weighted by Crippen LogP contribution is 2.29. The fourth-order valence-electron chi connectivity index (χ4n) is 4.20. The van der Waals surface area contributed by atoms with E-state index in [-0.39, 0.29) is 5.91 Å². The molecule has 1 saturated heterocycles. The zero-order valence-electron chi connectivity index (χ0n) is 17.2. The first-order valence-corrected chi connectivity index (χ1v) is 10.4. The number of fused-ring (bicyclic) bond motifs is 1. The molecule has 0 radical (unpaired) electrons. The van der Waals surface area contributed by atoms with Crippen molar-refractivity contribution in [2.45, 2.75) is 32.4 Å². The molecule has 2 amide bonds. The molecule has 1 fully saturated rings. The van der Waals surface area contributed by atoms with Gasteiger partial charge in [-0.25, -0.2) is 0 Å². The minimum atomic E-state index is -0.595. The van der Waals surface area contributed by atoms with E-state index in [1.165, 1.54) is 5.56 Å². The van der Waals surface area contributed by atoms with Crippen LogP contribution in [-0.2, 0) is 22.6 Å². The minimum absolute atomic E-state index is 0.0306. The smallest absolute Gasteiger partial charge is 0.241 e. The summed E-state index contributed by atoms with van der Waals surface area (Å²) in [6, 6.07) is 17.7. The van der Waals surface area contributed by atoms with Crippen molar-refractivity contribution in [2.75, 3.05) is 19.6 Å². The molecule has 2 heterocycles. The zero-order chi connectivity index (χ0) is 21.1. The lowest BCUT2D eigenvalue weighted by atomic mass is 10.0. The van der Waals surface area contributed by atoms with Crippen LogP contribution in [0.3, 0.4) is 0 Å². The molecular formula is C24H27N3O3. The lowest BCUT2D eigenvalue weighted by Gasteiger charge is -2.39. The summed E-state index contributed by atoms with van der Waals surface area (Å²) in [5.74, 6) is 0.449. The highest BCUT2D eigenvalue weighted by molar-refractivity contribution is 5.87. The van der Waals surface area contributed by atoms with E-state index in [1.54, 1.807) is 11.8 Å². The van der Waals surface area contributed by atoms with Crippen LogP contribution in [0.5, 0.6) is 0 Å². The van der Waals surface area contributed by atoms with Crippen LogP contribution in [0.4, 0.5) is 0 Å². The van der Waals surface area contributed by atoms with Gasteiger partial charge in [0, 0.05) is 50.0 Å². The molecular weight excluding hydrogens is 378 g/mol. The van der Waals surface area contributed by atoms with Gasteiger partial charge in [0.15, 0.2) is 0 Å². The summed E-state index contributed by atoms with van der Waals surface area (Å²) < 4.78 is 6.21. The number of piperazine rings is 1. The number of furan rings is 1. The zero-order valence-corrected chi connectivity index (χ0v) is 17.2. The number of para-hydroxylation sites is 1. The Labute approximate surface area is 176 Å². The van der Waals surface area contributed by atoms with Gasteiger partial charge >= 0.3 is 0 Å². The first kappa shape index (κ1) is 20.2. The maximum atomic E-state index is 12.2. The van der Waals surface area contributed by atoms with Crippen LogP contribution < -0.4 is 5.73 Å². The molecule has 3 aromatic rings. The molecule has 1 atom stereocenters. The van der Waals surface area contributed by atoms with Gasteiger partial charge in [-0.2, -0.15) is 0 Å². The molecule has 2 N–H and O–H groups in total. The Hall–Kier alpha value is -3.12. The average Bonchev–Trinajstić information content (AvgIpc) is 3.10. The molecule has 1 aliphatic heterocycles. The SMILES string of the molecule is CCC(=O)N1CCN(Cc2c(Cc3ccccc3)oc3ccccc23)CC1C(N)=O. The van der Waals surface area contributed by atoms with Crippen molar-refractivity contribution >= 4 is 22.8 Å². The third-order valence-corrected chi connectivity index (χ3v) is 5.79. The van der Waals surface area contributed by atoms with Crippen molar-refractivity contribution in [3.05, 3.63) is 71.5 Å². The summed E-state index contributed by atoms with van der Waals surface area (Å²) >= 11 is 0. The minimum Gasteiger partial charge on any atom is -0.460 e. The second kappa shape index (κ2) is 8.71. The molecule has 0 bridgehead atoms.